The van der Waals surface area contributed by atoms with Crippen LogP contribution in [0.4, 0.5) is 5.69 Å². The van der Waals surface area contributed by atoms with Crippen molar-refractivity contribution < 1.29 is 13.2 Å². The zero-order valence-electron chi connectivity index (χ0n) is 15.7. The van der Waals surface area contributed by atoms with Crippen LogP contribution in [0.2, 0.25) is 0 Å². The van der Waals surface area contributed by atoms with E-state index in [0.29, 0.717) is 30.9 Å². The first-order valence-corrected chi connectivity index (χ1v) is 11.1. The van der Waals surface area contributed by atoms with Gasteiger partial charge in [0.1, 0.15) is 0 Å². The fraction of sp³-hybridized carbons (Fsp3) is 0.250. The Morgan fingerprint density at radius 3 is 2.62 bits per heavy atom. The molecule has 0 unspecified atom stereocenters. The summed E-state index contributed by atoms with van der Waals surface area (Å²) in [5.74, 6) is 0.175. The van der Waals surface area contributed by atoms with Crippen molar-refractivity contribution in [3.8, 4) is 5.69 Å². The molecular formula is C20H21N5O3S. The van der Waals surface area contributed by atoms with E-state index in [4.69, 9.17) is 0 Å². The van der Waals surface area contributed by atoms with E-state index in [1.54, 1.807) is 23.1 Å². The number of benzene rings is 2. The summed E-state index contributed by atoms with van der Waals surface area (Å²) in [4.78, 5) is 14.8. The second kappa shape index (κ2) is 8.14. The minimum Gasteiger partial charge on any atom is -0.322 e. The summed E-state index contributed by atoms with van der Waals surface area (Å²) in [5, 5.41) is 10.7. The van der Waals surface area contributed by atoms with Crippen LogP contribution in [0.1, 0.15) is 15.9 Å². The Hall–Kier alpha value is -3.04. The first-order chi connectivity index (χ1) is 14.0. The van der Waals surface area contributed by atoms with Gasteiger partial charge in [0.2, 0.25) is 0 Å². The molecule has 9 heteroatoms. The first-order valence-electron chi connectivity index (χ1n) is 9.28. The van der Waals surface area contributed by atoms with Crippen molar-refractivity contribution in [3.63, 3.8) is 0 Å². The van der Waals surface area contributed by atoms with E-state index in [0.717, 1.165) is 11.3 Å². The smallest absolute Gasteiger partial charge is 0.255 e. The maximum absolute atomic E-state index is 12.7. The number of aromatic nitrogens is 3. The van der Waals surface area contributed by atoms with Crippen molar-refractivity contribution in [2.45, 2.75) is 6.54 Å². The molecule has 0 aliphatic carbocycles. The highest BCUT2D eigenvalue weighted by Gasteiger charge is 2.21. The van der Waals surface area contributed by atoms with Gasteiger partial charge in [-0.05, 0) is 35.9 Å². The minimum absolute atomic E-state index is 0.190. The van der Waals surface area contributed by atoms with Gasteiger partial charge in [-0.2, -0.15) is 0 Å². The van der Waals surface area contributed by atoms with Crippen molar-refractivity contribution in [2.24, 2.45) is 0 Å². The Morgan fingerprint density at radius 2 is 1.86 bits per heavy atom. The van der Waals surface area contributed by atoms with Gasteiger partial charge < -0.3 is 5.32 Å². The summed E-state index contributed by atoms with van der Waals surface area (Å²) >= 11 is 0. The lowest BCUT2D eigenvalue weighted by molar-refractivity contribution is 0.102. The molecule has 2 aromatic carbocycles. The Morgan fingerprint density at radius 1 is 1.07 bits per heavy atom. The second-order valence-electron chi connectivity index (χ2n) is 6.98. The van der Waals surface area contributed by atoms with Crippen LogP contribution in [0.5, 0.6) is 0 Å². The second-order valence-corrected chi connectivity index (χ2v) is 9.28. The molecule has 0 bridgehead atoms. The van der Waals surface area contributed by atoms with Crippen LogP contribution in [0.3, 0.4) is 0 Å². The molecule has 1 aromatic heterocycles. The molecule has 29 heavy (non-hydrogen) atoms. The molecule has 0 atom stereocenters. The highest BCUT2D eigenvalue weighted by molar-refractivity contribution is 7.91. The molecule has 8 nitrogen and oxygen atoms in total. The van der Waals surface area contributed by atoms with Crippen LogP contribution in [0.15, 0.2) is 60.9 Å². The van der Waals surface area contributed by atoms with E-state index in [9.17, 15) is 13.2 Å². The van der Waals surface area contributed by atoms with Gasteiger partial charge in [0.05, 0.1) is 29.6 Å². The maximum atomic E-state index is 12.7. The number of hydrogen-bond donors (Lipinski definition) is 1. The van der Waals surface area contributed by atoms with Crippen LogP contribution in [-0.2, 0) is 16.4 Å². The van der Waals surface area contributed by atoms with Crippen LogP contribution in [0.25, 0.3) is 5.69 Å². The van der Waals surface area contributed by atoms with Gasteiger partial charge >= 0.3 is 0 Å². The molecule has 0 saturated carbocycles. The first kappa shape index (κ1) is 19.3. The van der Waals surface area contributed by atoms with E-state index in [-0.39, 0.29) is 17.4 Å². The monoisotopic (exact) mass is 411 g/mol. The molecule has 1 fully saturated rings. The third kappa shape index (κ3) is 4.87. The van der Waals surface area contributed by atoms with Gasteiger partial charge in [-0.25, -0.2) is 13.1 Å². The average molecular weight is 411 g/mol. The van der Waals surface area contributed by atoms with E-state index in [2.05, 4.69) is 20.5 Å². The summed E-state index contributed by atoms with van der Waals surface area (Å²) < 4.78 is 24.8. The fourth-order valence-corrected chi connectivity index (χ4v) is 4.53. The number of sulfone groups is 1. The Kier molecular flexibility index (Phi) is 5.41. The summed E-state index contributed by atoms with van der Waals surface area (Å²) in [6.07, 6.45) is 3.32. The molecule has 1 aliphatic heterocycles. The number of nitrogens with one attached hydrogen (secondary N) is 1. The van der Waals surface area contributed by atoms with Crippen LogP contribution in [0, 0.1) is 0 Å². The van der Waals surface area contributed by atoms with Crippen molar-refractivity contribution in [2.75, 3.05) is 29.9 Å². The summed E-state index contributed by atoms with van der Waals surface area (Å²) in [7, 11) is -2.90. The van der Waals surface area contributed by atoms with Gasteiger partial charge in [0.25, 0.3) is 5.91 Å². The van der Waals surface area contributed by atoms with E-state index < -0.39 is 9.84 Å². The summed E-state index contributed by atoms with van der Waals surface area (Å²) in [6.45, 7) is 1.67. The number of rotatable bonds is 5. The predicted molar refractivity (Wildman–Crippen MR) is 110 cm³/mol. The Labute approximate surface area is 169 Å². The average Bonchev–Trinajstić information content (AvgIpc) is 3.25. The molecular weight excluding hydrogens is 390 g/mol. The van der Waals surface area contributed by atoms with Crippen LogP contribution >= 0.6 is 0 Å². The van der Waals surface area contributed by atoms with Crippen LogP contribution in [-0.4, -0.2) is 58.8 Å². The van der Waals surface area contributed by atoms with Gasteiger partial charge in [-0.1, -0.05) is 23.4 Å². The Bertz CT molecular complexity index is 1100. The highest BCUT2D eigenvalue weighted by atomic mass is 32.2. The molecule has 1 saturated heterocycles. The number of amides is 1. The SMILES string of the molecule is O=C(Nc1cccc(-n2ccnn2)c1)c1cccc(CN2CCS(=O)(=O)CC2)c1. The van der Waals surface area contributed by atoms with Crippen molar-refractivity contribution in [3.05, 3.63) is 72.1 Å². The lowest BCUT2D eigenvalue weighted by atomic mass is 10.1. The van der Waals surface area contributed by atoms with E-state index in [1.165, 1.54) is 0 Å². The molecule has 1 N–H and O–H groups in total. The normalized spacial score (nSPS) is 16.4. The number of nitrogens with zero attached hydrogens (tertiary/aromatic N) is 4. The number of carbonyl (C=O) groups excluding carboxylic acids is 1. The molecule has 0 radical (unpaired) electrons. The zero-order valence-corrected chi connectivity index (χ0v) is 16.5. The summed E-state index contributed by atoms with van der Waals surface area (Å²) in [5.41, 5.74) is 3.00. The standard InChI is InChI=1S/C20H21N5O3S/c26-20(22-18-5-2-6-19(14-18)25-8-7-21-23-25)17-4-1-3-16(13-17)15-24-9-11-29(27,28)12-10-24/h1-8,13-14H,9-12,15H2,(H,22,26). The lowest BCUT2D eigenvalue weighted by Gasteiger charge is -2.26. The minimum atomic E-state index is -2.90. The molecule has 1 amide bonds. The van der Waals surface area contributed by atoms with E-state index >= 15 is 0 Å². The molecule has 4 rings (SSSR count). The Balaban J connectivity index is 1.43. The van der Waals surface area contributed by atoms with Crippen molar-refractivity contribution >= 4 is 21.4 Å². The van der Waals surface area contributed by atoms with Gasteiger partial charge in [-0.15, -0.1) is 5.10 Å². The third-order valence-electron chi connectivity index (χ3n) is 4.82. The molecule has 2 heterocycles. The van der Waals surface area contributed by atoms with Crippen molar-refractivity contribution in [1.29, 1.82) is 0 Å². The predicted octanol–water partition coefficient (Wildman–Crippen LogP) is 1.75. The number of carbonyl (C=O) groups is 1. The van der Waals surface area contributed by atoms with Gasteiger partial charge in [-0.3, -0.25) is 9.69 Å². The topological polar surface area (TPSA) is 97.2 Å². The summed E-state index contributed by atoms with van der Waals surface area (Å²) in [6, 6.07) is 14.8. The lowest BCUT2D eigenvalue weighted by Crippen LogP contribution is -2.39. The van der Waals surface area contributed by atoms with E-state index in [1.807, 2.05) is 42.5 Å². The quantitative estimate of drug-likeness (QED) is 0.687. The zero-order chi connectivity index (χ0) is 20.3. The van der Waals surface area contributed by atoms with Crippen molar-refractivity contribution in [1.82, 2.24) is 19.9 Å². The highest BCUT2D eigenvalue weighted by Crippen LogP contribution is 2.16. The largest absolute Gasteiger partial charge is 0.322 e. The van der Waals surface area contributed by atoms with Gasteiger partial charge in [0.15, 0.2) is 9.84 Å². The molecule has 150 valence electrons. The van der Waals surface area contributed by atoms with Crippen LogP contribution < -0.4 is 5.32 Å². The maximum Gasteiger partial charge on any atom is 0.255 e. The molecule has 1 aliphatic rings. The third-order valence-corrected chi connectivity index (χ3v) is 6.43. The number of hydrogen-bond acceptors (Lipinski definition) is 6. The molecule has 3 aromatic rings. The van der Waals surface area contributed by atoms with Gasteiger partial charge in [0, 0.05) is 30.9 Å². The fourth-order valence-electron chi connectivity index (χ4n) is 3.25. The molecule has 0 spiro atoms. The number of anilines is 1.